The van der Waals surface area contributed by atoms with Gasteiger partial charge in [0, 0.05) is 55.1 Å². The predicted molar refractivity (Wildman–Crippen MR) is 263 cm³/mol. The van der Waals surface area contributed by atoms with Gasteiger partial charge in [-0.1, -0.05) is 143 Å². The number of anilines is 3. The van der Waals surface area contributed by atoms with Gasteiger partial charge in [-0.25, -0.2) is 0 Å². The molecule has 0 N–H and O–H groups in total. The van der Waals surface area contributed by atoms with Crippen LogP contribution in [-0.4, -0.2) is 4.57 Å². The van der Waals surface area contributed by atoms with E-state index in [-0.39, 0.29) is 10.8 Å². The van der Waals surface area contributed by atoms with E-state index < -0.39 is 0 Å². The molecular formula is C60H44N2O. The number of hydrogen-bond acceptors (Lipinski definition) is 2. The Hall–Kier alpha value is -7.62. The molecule has 0 atom stereocenters. The highest BCUT2D eigenvalue weighted by Gasteiger charge is 2.38. The van der Waals surface area contributed by atoms with E-state index in [0.717, 1.165) is 39.0 Å². The Balaban J connectivity index is 0.961. The molecule has 13 rings (SSSR count). The van der Waals surface area contributed by atoms with Crippen LogP contribution < -0.4 is 4.90 Å². The number of fused-ring (bicyclic) bond motifs is 12. The fraction of sp³-hybridized carbons (Fsp3) is 0.100. The largest absolute Gasteiger partial charge is 0.456 e. The molecule has 0 saturated carbocycles. The summed E-state index contributed by atoms with van der Waals surface area (Å²) in [6.07, 6.45) is 0. The van der Waals surface area contributed by atoms with Crippen LogP contribution >= 0.6 is 0 Å². The molecule has 2 aromatic heterocycles. The molecule has 9 aromatic carbocycles. The van der Waals surface area contributed by atoms with Crippen LogP contribution in [-0.2, 0) is 10.8 Å². The number of rotatable bonds is 5. The molecular weight excluding hydrogens is 765 g/mol. The molecule has 2 aliphatic carbocycles. The average Bonchev–Trinajstić information content (AvgIpc) is 3.99. The first kappa shape index (κ1) is 36.1. The molecule has 0 aliphatic heterocycles. The van der Waals surface area contributed by atoms with E-state index in [9.17, 15) is 0 Å². The maximum Gasteiger partial charge on any atom is 0.135 e. The molecule has 0 amide bonds. The lowest BCUT2D eigenvalue weighted by Gasteiger charge is -2.30. The van der Waals surface area contributed by atoms with Crippen molar-refractivity contribution in [3.05, 3.63) is 216 Å². The Morgan fingerprint density at radius 3 is 1.49 bits per heavy atom. The molecule has 0 bridgehead atoms. The number of furan rings is 1. The van der Waals surface area contributed by atoms with Crippen LogP contribution in [0.3, 0.4) is 0 Å². The van der Waals surface area contributed by atoms with Gasteiger partial charge in [0.05, 0.1) is 11.0 Å². The minimum atomic E-state index is -0.246. The normalized spacial score (nSPS) is 14.3. The van der Waals surface area contributed by atoms with E-state index >= 15 is 0 Å². The Labute approximate surface area is 367 Å². The average molecular weight is 809 g/mol. The Bertz CT molecular complexity index is 3640. The van der Waals surface area contributed by atoms with Gasteiger partial charge in [-0.3, -0.25) is 0 Å². The van der Waals surface area contributed by atoms with Gasteiger partial charge in [0.1, 0.15) is 11.2 Å². The lowest BCUT2D eigenvalue weighted by atomic mass is 9.81. The maximum atomic E-state index is 6.35. The number of aromatic nitrogens is 1. The van der Waals surface area contributed by atoms with Gasteiger partial charge >= 0.3 is 0 Å². The number of hydrogen-bond donors (Lipinski definition) is 0. The lowest BCUT2D eigenvalue weighted by Crippen LogP contribution is -2.18. The van der Waals surface area contributed by atoms with Gasteiger partial charge in [0.2, 0.25) is 0 Å². The van der Waals surface area contributed by atoms with E-state index in [1.54, 1.807) is 0 Å². The molecule has 2 aliphatic rings. The second-order valence-electron chi connectivity index (χ2n) is 18.5. The first-order valence-corrected chi connectivity index (χ1v) is 22.1. The van der Waals surface area contributed by atoms with E-state index in [4.69, 9.17) is 4.42 Å². The van der Waals surface area contributed by atoms with Crippen LogP contribution in [0.15, 0.2) is 199 Å². The molecule has 2 heterocycles. The number of para-hydroxylation sites is 3. The van der Waals surface area contributed by atoms with Crippen molar-refractivity contribution in [3.8, 4) is 39.1 Å². The minimum absolute atomic E-state index is 0.197. The third-order valence-electron chi connectivity index (χ3n) is 14.4. The molecule has 0 saturated heterocycles. The van der Waals surface area contributed by atoms with Gasteiger partial charge in [-0.05, 0) is 134 Å². The van der Waals surface area contributed by atoms with Crippen molar-refractivity contribution >= 4 is 60.8 Å². The summed E-state index contributed by atoms with van der Waals surface area (Å²) in [5.41, 5.74) is 21.4. The summed E-state index contributed by atoms with van der Waals surface area (Å²) in [5.74, 6) is 0. The zero-order valence-electron chi connectivity index (χ0n) is 35.8. The van der Waals surface area contributed by atoms with Crippen molar-refractivity contribution in [2.45, 2.75) is 38.5 Å². The van der Waals surface area contributed by atoms with Gasteiger partial charge in [0.25, 0.3) is 0 Å². The summed E-state index contributed by atoms with van der Waals surface area (Å²) in [6.45, 7) is 9.55. The Morgan fingerprint density at radius 1 is 0.365 bits per heavy atom. The molecule has 300 valence electrons. The van der Waals surface area contributed by atoms with Crippen molar-refractivity contribution in [2.24, 2.45) is 0 Å². The SMILES string of the molecule is CC1(C)c2cc(-c3ccccc3)ccc2-c2ccc(N(c3ccc4c(c3)C(C)(C)c3cc(-n5c6ccccc6c6ccccc65)ccc3-4)c3ccc4oc5ccccc5c4c3)cc21. The van der Waals surface area contributed by atoms with E-state index in [1.165, 1.54) is 83.1 Å². The summed E-state index contributed by atoms with van der Waals surface area (Å²) in [7, 11) is 0. The number of benzene rings is 9. The highest BCUT2D eigenvalue weighted by Crippen LogP contribution is 2.54. The second kappa shape index (κ2) is 13.0. The summed E-state index contributed by atoms with van der Waals surface area (Å²) in [6, 6.07) is 71.6. The second-order valence-corrected chi connectivity index (χ2v) is 18.5. The van der Waals surface area contributed by atoms with Gasteiger partial charge < -0.3 is 13.9 Å². The summed E-state index contributed by atoms with van der Waals surface area (Å²) < 4.78 is 8.78. The van der Waals surface area contributed by atoms with Crippen molar-refractivity contribution in [1.82, 2.24) is 4.57 Å². The van der Waals surface area contributed by atoms with Crippen LogP contribution in [0.2, 0.25) is 0 Å². The van der Waals surface area contributed by atoms with Crippen molar-refractivity contribution in [2.75, 3.05) is 4.90 Å². The van der Waals surface area contributed by atoms with E-state index in [2.05, 4.69) is 225 Å². The smallest absolute Gasteiger partial charge is 0.135 e. The van der Waals surface area contributed by atoms with Crippen LogP contribution in [0.5, 0.6) is 0 Å². The first-order valence-electron chi connectivity index (χ1n) is 22.1. The fourth-order valence-corrected chi connectivity index (χ4v) is 11.2. The lowest BCUT2D eigenvalue weighted by molar-refractivity contribution is 0.659. The van der Waals surface area contributed by atoms with Crippen LogP contribution in [0.4, 0.5) is 17.1 Å². The van der Waals surface area contributed by atoms with Crippen LogP contribution in [0.1, 0.15) is 49.9 Å². The number of nitrogens with zero attached hydrogens (tertiary/aromatic N) is 2. The summed E-state index contributed by atoms with van der Waals surface area (Å²) in [4.78, 5) is 2.46. The standard InChI is InChI=1S/C60H44N2O/c1-59(2)51-32-38(37-14-6-5-7-15-37)22-27-43(51)44-28-23-40(34-52(44)59)61(39-26-31-58-50(33-39)49-18-10-13-21-57(49)63-58)41-24-29-45-46-30-25-42(36-54(46)60(3,4)53(45)35-41)62-55-19-11-8-16-47(55)48-17-9-12-20-56(48)62/h5-36H,1-4H3. The van der Waals surface area contributed by atoms with E-state index in [1.807, 2.05) is 6.07 Å². The topological polar surface area (TPSA) is 21.3 Å². The molecule has 0 fully saturated rings. The zero-order valence-corrected chi connectivity index (χ0v) is 35.8. The molecule has 3 heteroatoms. The summed E-state index contributed by atoms with van der Waals surface area (Å²) >= 11 is 0. The van der Waals surface area contributed by atoms with Gasteiger partial charge in [-0.15, -0.1) is 0 Å². The quantitative estimate of drug-likeness (QED) is 0.173. The molecule has 11 aromatic rings. The third-order valence-corrected chi connectivity index (χ3v) is 14.4. The molecule has 0 unspecified atom stereocenters. The van der Waals surface area contributed by atoms with Crippen LogP contribution in [0.25, 0.3) is 82.8 Å². The van der Waals surface area contributed by atoms with Crippen molar-refractivity contribution in [3.63, 3.8) is 0 Å². The van der Waals surface area contributed by atoms with E-state index in [0.29, 0.717) is 0 Å². The van der Waals surface area contributed by atoms with Crippen molar-refractivity contribution in [1.29, 1.82) is 0 Å². The Kier molecular flexibility index (Phi) is 7.42. The monoisotopic (exact) mass is 808 g/mol. The molecule has 3 nitrogen and oxygen atoms in total. The van der Waals surface area contributed by atoms with Gasteiger partial charge in [0.15, 0.2) is 0 Å². The molecule has 63 heavy (non-hydrogen) atoms. The minimum Gasteiger partial charge on any atom is -0.456 e. The highest BCUT2D eigenvalue weighted by molar-refractivity contribution is 6.09. The van der Waals surface area contributed by atoms with Gasteiger partial charge in [-0.2, -0.15) is 0 Å². The Morgan fingerprint density at radius 2 is 0.841 bits per heavy atom. The third kappa shape index (κ3) is 5.14. The van der Waals surface area contributed by atoms with Crippen LogP contribution in [0, 0.1) is 0 Å². The summed E-state index contributed by atoms with van der Waals surface area (Å²) in [5, 5.41) is 4.79. The predicted octanol–water partition coefficient (Wildman–Crippen LogP) is 16.4. The first-order chi connectivity index (χ1) is 30.7. The van der Waals surface area contributed by atoms with Crippen molar-refractivity contribution < 1.29 is 4.42 Å². The molecule has 0 radical (unpaired) electrons. The maximum absolute atomic E-state index is 6.35. The highest BCUT2D eigenvalue weighted by atomic mass is 16.3. The zero-order chi connectivity index (χ0) is 42.2. The molecule has 0 spiro atoms. The fourth-order valence-electron chi connectivity index (χ4n) is 11.2.